The summed E-state index contributed by atoms with van der Waals surface area (Å²) in [5.41, 5.74) is 0.670. The third-order valence-corrected chi connectivity index (χ3v) is 3.75. The van der Waals surface area contributed by atoms with Crippen LogP contribution >= 0.6 is 23.2 Å². The lowest BCUT2D eigenvalue weighted by molar-refractivity contribution is -0.128. The number of halogens is 2. The predicted molar refractivity (Wildman–Crippen MR) is 97.2 cm³/mol. The SMILES string of the molecule is COc1cc(/C=C/C(=O)Oc2cc(Cl)ccc2Cl)cc(OC)c1OC. The Kier molecular flexibility index (Phi) is 6.56. The fourth-order valence-electron chi connectivity index (χ4n) is 2.06. The van der Waals surface area contributed by atoms with Gasteiger partial charge in [0.15, 0.2) is 17.2 Å². The van der Waals surface area contributed by atoms with E-state index in [2.05, 4.69) is 0 Å². The molecule has 0 unspecified atom stereocenters. The molecule has 0 heterocycles. The maximum absolute atomic E-state index is 12.0. The van der Waals surface area contributed by atoms with Crippen molar-refractivity contribution in [3.05, 3.63) is 52.0 Å². The van der Waals surface area contributed by atoms with Gasteiger partial charge in [-0.2, -0.15) is 0 Å². The molecule has 0 aliphatic carbocycles. The molecule has 0 saturated carbocycles. The minimum atomic E-state index is -0.599. The van der Waals surface area contributed by atoms with E-state index >= 15 is 0 Å². The highest BCUT2D eigenvalue weighted by atomic mass is 35.5. The van der Waals surface area contributed by atoms with Crippen LogP contribution < -0.4 is 18.9 Å². The van der Waals surface area contributed by atoms with Gasteiger partial charge in [-0.05, 0) is 35.9 Å². The number of benzene rings is 2. The third kappa shape index (κ3) is 4.81. The van der Waals surface area contributed by atoms with Crippen LogP contribution in [0, 0.1) is 0 Å². The summed E-state index contributed by atoms with van der Waals surface area (Å²) in [5, 5.41) is 0.708. The number of esters is 1. The second-order valence-corrected chi connectivity index (χ2v) is 5.63. The van der Waals surface area contributed by atoms with E-state index in [9.17, 15) is 4.79 Å². The normalized spacial score (nSPS) is 10.6. The van der Waals surface area contributed by atoms with Crippen molar-refractivity contribution >= 4 is 35.2 Å². The fourth-order valence-corrected chi connectivity index (χ4v) is 2.38. The predicted octanol–water partition coefficient (Wildman–Crippen LogP) is 4.64. The molecule has 0 bridgehead atoms. The Morgan fingerprint density at radius 1 is 0.920 bits per heavy atom. The maximum Gasteiger partial charge on any atom is 0.336 e. The van der Waals surface area contributed by atoms with Gasteiger partial charge >= 0.3 is 5.97 Å². The summed E-state index contributed by atoms with van der Waals surface area (Å²) >= 11 is 11.8. The molecular weight excluding hydrogens is 367 g/mol. The highest BCUT2D eigenvalue weighted by molar-refractivity contribution is 6.34. The fraction of sp³-hybridized carbons (Fsp3) is 0.167. The molecule has 132 valence electrons. The number of hydrogen-bond donors (Lipinski definition) is 0. The zero-order valence-corrected chi connectivity index (χ0v) is 15.4. The summed E-state index contributed by atoms with van der Waals surface area (Å²) in [6, 6.07) is 8.03. The molecule has 0 N–H and O–H groups in total. The van der Waals surface area contributed by atoms with Gasteiger partial charge in [-0.3, -0.25) is 0 Å². The van der Waals surface area contributed by atoms with E-state index < -0.39 is 5.97 Å². The Labute approximate surface area is 155 Å². The van der Waals surface area contributed by atoms with Crippen LogP contribution in [-0.2, 0) is 4.79 Å². The number of rotatable bonds is 6. The summed E-state index contributed by atoms with van der Waals surface area (Å²) in [6.07, 6.45) is 2.82. The van der Waals surface area contributed by atoms with Gasteiger partial charge in [0.25, 0.3) is 0 Å². The topological polar surface area (TPSA) is 54.0 Å². The lowest BCUT2D eigenvalue weighted by Gasteiger charge is -2.12. The number of methoxy groups -OCH3 is 3. The van der Waals surface area contributed by atoms with Crippen LogP contribution in [0.2, 0.25) is 10.0 Å². The molecule has 0 atom stereocenters. The molecule has 2 aromatic rings. The lowest BCUT2D eigenvalue weighted by Crippen LogP contribution is -2.04. The van der Waals surface area contributed by atoms with Crippen LogP contribution in [0.1, 0.15) is 5.56 Å². The van der Waals surface area contributed by atoms with Gasteiger partial charge < -0.3 is 18.9 Å². The number of ether oxygens (including phenoxy) is 4. The molecule has 0 amide bonds. The Morgan fingerprint density at radius 3 is 2.12 bits per heavy atom. The summed E-state index contributed by atoms with van der Waals surface area (Å²) in [5.74, 6) is 1.02. The van der Waals surface area contributed by atoms with Gasteiger partial charge in [0.05, 0.1) is 26.4 Å². The molecule has 0 radical (unpaired) electrons. The number of carbonyl (C=O) groups is 1. The largest absolute Gasteiger partial charge is 0.493 e. The minimum Gasteiger partial charge on any atom is -0.493 e. The van der Waals surface area contributed by atoms with Crippen molar-refractivity contribution in [2.24, 2.45) is 0 Å². The maximum atomic E-state index is 12.0. The molecule has 5 nitrogen and oxygen atoms in total. The highest BCUT2D eigenvalue weighted by Gasteiger charge is 2.12. The Bertz CT molecular complexity index is 777. The molecule has 0 fully saturated rings. The highest BCUT2D eigenvalue weighted by Crippen LogP contribution is 2.38. The minimum absolute atomic E-state index is 0.189. The first-order chi connectivity index (χ1) is 12.0. The second-order valence-electron chi connectivity index (χ2n) is 4.79. The molecular formula is C18H16Cl2O5. The van der Waals surface area contributed by atoms with Crippen LogP contribution in [0.25, 0.3) is 6.08 Å². The van der Waals surface area contributed by atoms with Gasteiger partial charge in [0.1, 0.15) is 0 Å². The molecule has 7 heteroatoms. The number of carbonyl (C=O) groups excluding carboxylic acids is 1. The van der Waals surface area contributed by atoms with E-state index in [4.69, 9.17) is 42.1 Å². The monoisotopic (exact) mass is 382 g/mol. The average Bonchev–Trinajstić information content (AvgIpc) is 2.61. The van der Waals surface area contributed by atoms with E-state index in [-0.39, 0.29) is 5.75 Å². The zero-order valence-electron chi connectivity index (χ0n) is 13.8. The molecule has 2 aromatic carbocycles. The molecule has 0 saturated heterocycles. The standard InChI is InChI=1S/C18H16Cl2O5/c1-22-15-8-11(9-16(23-2)18(15)24-3)4-7-17(21)25-14-10-12(19)5-6-13(14)20/h4-10H,1-3H3/b7-4+. The van der Waals surface area contributed by atoms with E-state index in [0.717, 1.165) is 0 Å². The van der Waals surface area contributed by atoms with Gasteiger partial charge in [0, 0.05) is 17.2 Å². The van der Waals surface area contributed by atoms with Crippen molar-refractivity contribution in [2.45, 2.75) is 0 Å². The third-order valence-electron chi connectivity index (χ3n) is 3.20. The first-order valence-electron chi connectivity index (χ1n) is 7.13. The second kappa shape index (κ2) is 8.65. The molecule has 0 aliphatic rings. The molecule has 0 aliphatic heterocycles. The summed E-state index contributed by atoms with van der Waals surface area (Å²) in [4.78, 5) is 12.0. The van der Waals surface area contributed by atoms with Gasteiger partial charge in [0.2, 0.25) is 5.75 Å². The Hall–Kier alpha value is -2.37. The Morgan fingerprint density at radius 2 is 1.56 bits per heavy atom. The van der Waals surface area contributed by atoms with Crippen molar-refractivity contribution in [2.75, 3.05) is 21.3 Å². The van der Waals surface area contributed by atoms with Crippen LogP contribution in [0.5, 0.6) is 23.0 Å². The first-order valence-corrected chi connectivity index (χ1v) is 7.89. The van der Waals surface area contributed by atoms with E-state index in [1.165, 1.54) is 33.5 Å². The summed E-state index contributed by atoms with van der Waals surface area (Å²) < 4.78 is 21.0. The lowest BCUT2D eigenvalue weighted by atomic mass is 10.1. The van der Waals surface area contributed by atoms with Gasteiger partial charge in [-0.1, -0.05) is 23.2 Å². The van der Waals surface area contributed by atoms with Crippen LogP contribution in [-0.4, -0.2) is 27.3 Å². The summed E-state index contributed by atoms with van der Waals surface area (Å²) in [6.45, 7) is 0. The molecule has 25 heavy (non-hydrogen) atoms. The zero-order chi connectivity index (χ0) is 18.4. The van der Waals surface area contributed by atoms with E-state index in [0.29, 0.717) is 32.9 Å². The van der Waals surface area contributed by atoms with Crippen molar-refractivity contribution < 1.29 is 23.7 Å². The first kappa shape index (κ1) is 19.0. The van der Waals surface area contributed by atoms with Crippen molar-refractivity contribution in [3.8, 4) is 23.0 Å². The Balaban J connectivity index is 2.20. The van der Waals surface area contributed by atoms with E-state index in [1.54, 1.807) is 30.3 Å². The molecule has 2 rings (SSSR count). The van der Waals surface area contributed by atoms with Crippen molar-refractivity contribution in [1.82, 2.24) is 0 Å². The van der Waals surface area contributed by atoms with Crippen LogP contribution in [0.15, 0.2) is 36.4 Å². The van der Waals surface area contributed by atoms with E-state index in [1.807, 2.05) is 0 Å². The molecule has 0 spiro atoms. The quantitative estimate of drug-likeness (QED) is 0.413. The van der Waals surface area contributed by atoms with Crippen LogP contribution in [0.3, 0.4) is 0 Å². The van der Waals surface area contributed by atoms with Crippen LogP contribution in [0.4, 0.5) is 0 Å². The summed E-state index contributed by atoms with van der Waals surface area (Å²) in [7, 11) is 4.54. The van der Waals surface area contributed by atoms with Gasteiger partial charge in [-0.15, -0.1) is 0 Å². The molecule has 0 aromatic heterocycles. The van der Waals surface area contributed by atoms with Crippen molar-refractivity contribution in [1.29, 1.82) is 0 Å². The van der Waals surface area contributed by atoms with Gasteiger partial charge in [-0.25, -0.2) is 4.79 Å². The smallest absolute Gasteiger partial charge is 0.336 e. The average molecular weight is 383 g/mol. The number of hydrogen-bond acceptors (Lipinski definition) is 5. The van der Waals surface area contributed by atoms with Crippen molar-refractivity contribution in [3.63, 3.8) is 0 Å².